The summed E-state index contributed by atoms with van der Waals surface area (Å²) in [6.45, 7) is 3.79. The Kier molecular flexibility index (Phi) is 37.0. The van der Waals surface area contributed by atoms with Gasteiger partial charge in [0.2, 0.25) is 5.91 Å². The lowest BCUT2D eigenvalue weighted by atomic mass is 9.99. The van der Waals surface area contributed by atoms with Crippen LogP contribution in [0.4, 0.5) is 0 Å². The second kappa shape index (κ2) is 39.1. The molecule has 1 heterocycles. The number of carbonyl (C=O) groups is 1. The van der Waals surface area contributed by atoms with Gasteiger partial charge in [-0.15, -0.1) is 0 Å². The van der Waals surface area contributed by atoms with Gasteiger partial charge in [-0.1, -0.05) is 199 Å². The van der Waals surface area contributed by atoms with E-state index < -0.39 is 49.5 Å². The number of hydrogen-bond acceptors (Lipinski definition) is 8. The molecule has 57 heavy (non-hydrogen) atoms. The van der Waals surface area contributed by atoms with Crippen molar-refractivity contribution in [2.24, 2.45) is 0 Å². The first-order chi connectivity index (χ1) is 27.8. The van der Waals surface area contributed by atoms with Gasteiger partial charge >= 0.3 is 0 Å². The second-order valence-corrected chi connectivity index (χ2v) is 17.3. The molecule has 7 atom stereocenters. The molecule has 1 aliphatic heterocycles. The summed E-state index contributed by atoms with van der Waals surface area (Å²) in [4.78, 5) is 12.9. The summed E-state index contributed by atoms with van der Waals surface area (Å²) in [5.74, 6) is -0.146. The van der Waals surface area contributed by atoms with Crippen molar-refractivity contribution in [3.63, 3.8) is 0 Å². The van der Waals surface area contributed by atoms with Crippen molar-refractivity contribution in [3.8, 4) is 0 Å². The van der Waals surface area contributed by atoms with E-state index in [-0.39, 0.29) is 12.5 Å². The lowest BCUT2D eigenvalue weighted by molar-refractivity contribution is -0.302. The number of allylic oxidation sites excluding steroid dienone is 2. The molecule has 0 aromatic carbocycles. The molecule has 1 aliphatic rings. The molecule has 0 aromatic rings. The van der Waals surface area contributed by atoms with Gasteiger partial charge in [0.25, 0.3) is 0 Å². The van der Waals surface area contributed by atoms with Crippen LogP contribution in [0.3, 0.4) is 0 Å². The highest BCUT2D eigenvalue weighted by molar-refractivity contribution is 5.76. The minimum Gasteiger partial charge on any atom is -0.394 e. The average molecular weight is 812 g/mol. The van der Waals surface area contributed by atoms with Crippen molar-refractivity contribution >= 4 is 5.91 Å². The van der Waals surface area contributed by atoms with Crippen molar-refractivity contribution in [3.05, 3.63) is 12.2 Å². The summed E-state index contributed by atoms with van der Waals surface area (Å²) in [7, 11) is 0. The zero-order valence-corrected chi connectivity index (χ0v) is 37.1. The Morgan fingerprint density at radius 1 is 0.579 bits per heavy atom. The predicted molar refractivity (Wildman–Crippen MR) is 235 cm³/mol. The number of nitrogens with one attached hydrogen (secondary N) is 1. The summed E-state index contributed by atoms with van der Waals surface area (Å²) in [5, 5.41) is 54.1. The zero-order chi connectivity index (χ0) is 41.6. The lowest BCUT2D eigenvalue weighted by Gasteiger charge is -2.40. The Morgan fingerprint density at radius 2 is 0.982 bits per heavy atom. The van der Waals surface area contributed by atoms with E-state index >= 15 is 0 Å². The summed E-state index contributed by atoms with van der Waals surface area (Å²) >= 11 is 0. The van der Waals surface area contributed by atoms with Crippen molar-refractivity contribution in [2.75, 3.05) is 13.2 Å². The maximum Gasteiger partial charge on any atom is 0.220 e. The number of hydrogen-bond donors (Lipinski definition) is 6. The maximum absolute atomic E-state index is 12.9. The van der Waals surface area contributed by atoms with E-state index in [9.17, 15) is 30.3 Å². The molecular weight excluding hydrogens is 719 g/mol. The standard InChI is InChI=1S/C48H93NO8/c1-3-5-7-9-11-12-13-14-15-16-17-18-19-20-21-22-23-24-25-26-27-28-29-30-32-34-36-38-44(52)49-41(42(51)37-35-33-31-10-8-6-4-2)40-56-48-47(55)46(54)45(53)43(39-50)57-48/h16-17,41-43,45-48,50-51,53-55H,3-15,18-40H2,1-2H3,(H,49,52)/b17-16-. The quantitative estimate of drug-likeness (QED) is 0.0264. The van der Waals surface area contributed by atoms with Crippen molar-refractivity contribution in [1.29, 1.82) is 0 Å². The smallest absolute Gasteiger partial charge is 0.220 e. The molecule has 0 bridgehead atoms. The topological polar surface area (TPSA) is 149 Å². The van der Waals surface area contributed by atoms with Crippen molar-refractivity contribution in [2.45, 2.75) is 275 Å². The van der Waals surface area contributed by atoms with Crippen LogP contribution < -0.4 is 5.32 Å². The molecule has 0 radical (unpaired) electrons. The van der Waals surface area contributed by atoms with Gasteiger partial charge < -0.3 is 40.3 Å². The number of aliphatic hydroxyl groups excluding tert-OH is 5. The number of unbranched alkanes of at least 4 members (excludes halogenated alkanes) is 29. The van der Waals surface area contributed by atoms with Crippen LogP contribution in [0.2, 0.25) is 0 Å². The Morgan fingerprint density at radius 3 is 1.42 bits per heavy atom. The minimum atomic E-state index is -1.55. The van der Waals surface area contributed by atoms with Crippen molar-refractivity contribution in [1.82, 2.24) is 5.32 Å². The van der Waals surface area contributed by atoms with Crippen LogP contribution >= 0.6 is 0 Å². The molecule has 0 aliphatic carbocycles. The summed E-state index contributed by atoms with van der Waals surface area (Å²) in [6, 6.07) is -0.712. The van der Waals surface area contributed by atoms with Gasteiger partial charge in [0.15, 0.2) is 6.29 Å². The first-order valence-corrected chi connectivity index (χ1v) is 24.4. The van der Waals surface area contributed by atoms with Crippen LogP contribution in [0.25, 0.3) is 0 Å². The molecule has 9 heteroatoms. The van der Waals surface area contributed by atoms with Gasteiger partial charge in [0.1, 0.15) is 24.4 Å². The molecular formula is C48H93NO8. The molecule has 0 aromatic heterocycles. The minimum absolute atomic E-state index is 0.135. The van der Waals surface area contributed by atoms with E-state index in [0.29, 0.717) is 12.8 Å². The van der Waals surface area contributed by atoms with E-state index in [1.54, 1.807) is 0 Å². The van der Waals surface area contributed by atoms with E-state index in [4.69, 9.17) is 9.47 Å². The molecule has 338 valence electrons. The summed E-state index contributed by atoms with van der Waals surface area (Å²) in [6.07, 6.45) is 38.4. The van der Waals surface area contributed by atoms with Crippen LogP contribution in [0.1, 0.15) is 232 Å². The molecule has 6 N–H and O–H groups in total. The number of ether oxygens (including phenoxy) is 2. The largest absolute Gasteiger partial charge is 0.394 e. The molecule has 0 spiro atoms. The monoisotopic (exact) mass is 812 g/mol. The number of aliphatic hydroxyl groups is 5. The first kappa shape index (κ1) is 53.9. The van der Waals surface area contributed by atoms with Gasteiger partial charge in [-0.2, -0.15) is 0 Å². The van der Waals surface area contributed by atoms with E-state index in [1.165, 1.54) is 167 Å². The lowest BCUT2D eigenvalue weighted by Crippen LogP contribution is -2.60. The molecule has 1 saturated heterocycles. The Labute approximate surface area is 350 Å². The third-order valence-corrected chi connectivity index (χ3v) is 11.9. The van der Waals surface area contributed by atoms with Gasteiger partial charge in [0.05, 0.1) is 25.4 Å². The molecule has 1 amide bonds. The van der Waals surface area contributed by atoms with Crippen molar-refractivity contribution < 1.29 is 39.8 Å². The zero-order valence-electron chi connectivity index (χ0n) is 37.1. The fourth-order valence-electron chi connectivity index (χ4n) is 7.92. The van der Waals surface area contributed by atoms with Gasteiger partial charge in [-0.05, 0) is 38.5 Å². The third kappa shape index (κ3) is 29.7. The van der Waals surface area contributed by atoms with Gasteiger partial charge in [-0.25, -0.2) is 0 Å². The van der Waals surface area contributed by atoms with Crippen LogP contribution in [-0.2, 0) is 14.3 Å². The molecule has 1 fully saturated rings. The first-order valence-electron chi connectivity index (χ1n) is 24.4. The van der Waals surface area contributed by atoms with Crippen LogP contribution in [0.15, 0.2) is 12.2 Å². The van der Waals surface area contributed by atoms with Gasteiger partial charge in [-0.3, -0.25) is 4.79 Å². The summed E-state index contributed by atoms with van der Waals surface area (Å²) < 4.78 is 11.2. The summed E-state index contributed by atoms with van der Waals surface area (Å²) in [5.41, 5.74) is 0. The normalized spacial score (nSPS) is 21.0. The predicted octanol–water partition coefficient (Wildman–Crippen LogP) is 10.5. The average Bonchev–Trinajstić information content (AvgIpc) is 3.21. The highest BCUT2D eigenvalue weighted by Gasteiger charge is 2.44. The number of carbonyl (C=O) groups excluding carboxylic acids is 1. The Balaban J connectivity index is 2.11. The molecule has 1 rings (SSSR count). The molecule has 0 saturated carbocycles. The highest BCUT2D eigenvalue weighted by Crippen LogP contribution is 2.23. The number of amides is 1. The Hall–Kier alpha value is -1.07. The molecule has 7 unspecified atom stereocenters. The fourth-order valence-corrected chi connectivity index (χ4v) is 7.92. The highest BCUT2D eigenvalue weighted by atomic mass is 16.7. The number of rotatable bonds is 41. The van der Waals surface area contributed by atoms with Crippen LogP contribution in [0.5, 0.6) is 0 Å². The van der Waals surface area contributed by atoms with E-state index in [1.807, 2.05) is 0 Å². The maximum atomic E-state index is 12.9. The van der Waals surface area contributed by atoms with Crippen LogP contribution in [-0.4, -0.2) is 87.5 Å². The van der Waals surface area contributed by atoms with Gasteiger partial charge in [0, 0.05) is 6.42 Å². The molecule has 9 nitrogen and oxygen atoms in total. The third-order valence-electron chi connectivity index (χ3n) is 11.9. The van der Waals surface area contributed by atoms with Crippen LogP contribution in [0, 0.1) is 0 Å². The fraction of sp³-hybridized carbons (Fsp3) is 0.938. The second-order valence-electron chi connectivity index (χ2n) is 17.3. The Bertz CT molecular complexity index is 904. The van der Waals surface area contributed by atoms with E-state index in [0.717, 1.165) is 38.5 Å². The SMILES string of the molecule is CCCCCCCCCC/C=C\CCCCCCCCCCCCCCCCCC(=O)NC(COC1OC(CO)C(O)C(O)C1O)C(O)CCCCCCCCC. The van der Waals surface area contributed by atoms with E-state index in [2.05, 4.69) is 31.3 Å².